The first kappa shape index (κ1) is 14.0. The van der Waals surface area contributed by atoms with E-state index in [-0.39, 0.29) is 0 Å². The van der Waals surface area contributed by atoms with Gasteiger partial charge in [0.15, 0.2) is 0 Å². The van der Waals surface area contributed by atoms with Gasteiger partial charge in [-0.2, -0.15) is 0 Å². The lowest BCUT2D eigenvalue weighted by molar-refractivity contribution is 0.505. The van der Waals surface area contributed by atoms with Crippen LogP contribution in [0.15, 0.2) is 18.2 Å². The number of hydrogen-bond acceptors (Lipinski definition) is 2. The van der Waals surface area contributed by atoms with E-state index in [9.17, 15) is 0 Å². The Morgan fingerprint density at radius 2 is 1.88 bits per heavy atom. The van der Waals surface area contributed by atoms with Crippen molar-refractivity contribution in [2.75, 3.05) is 19.0 Å². The van der Waals surface area contributed by atoms with E-state index in [2.05, 4.69) is 63.2 Å². The van der Waals surface area contributed by atoms with Crippen LogP contribution >= 0.6 is 0 Å². The Kier molecular flexibility index (Phi) is 5.01. The van der Waals surface area contributed by atoms with Gasteiger partial charge in [-0.15, -0.1) is 0 Å². The highest BCUT2D eigenvalue weighted by atomic mass is 15.1. The summed E-state index contributed by atoms with van der Waals surface area (Å²) in [6, 6.07) is 7.28. The van der Waals surface area contributed by atoms with Crippen molar-refractivity contribution in [3.8, 4) is 0 Å². The van der Waals surface area contributed by atoms with Crippen LogP contribution < -0.4 is 10.2 Å². The molecule has 1 aromatic carbocycles. The number of anilines is 1. The Hall–Kier alpha value is -1.02. The van der Waals surface area contributed by atoms with Crippen LogP contribution in [-0.4, -0.2) is 20.1 Å². The summed E-state index contributed by atoms with van der Waals surface area (Å²) in [5.41, 5.74) is 4.04. The maximum Gasteiger partial charge on any atom is 0.0396 e. The number of nitrogens with one attached hydrogen (secondary N) is 1. The smallest absolute Gasteiger partial charge is 0.0396 e. The van der Waals surface area contributed by atoms with Gasteiger partial charge >= 0.3 is 0 Å². The van der Waals surface area contributed by atoms with Crippen molar-refractivity contribution in [1.82, 2.24) is 5.32 Å². The first-order valence-electron chi connectivity index (χ1n) is 6.44. The van der Waals surface area contributed by atoms with Crippen LogP contribution in [0, 0.1) is 12.8 Å². The fraction of sp³-hybridized carbons (Fsp3) is 0.600. The van der Waals surface area contributed by atoms with E-state index < -0.39 is 0 Å². The lowest BCUT2D eigenvalue weighted by Crippen LogP contribution is -2.33. The molecule has 0 spiro atoms. The summed E-state index contributed by atoms with van der Waals surface area (Å²) in [6.45, 7) is 9.95. The summed E-state index contributed by atoms with van der Waals surface area (Å²) in [5, 5.41) is 3.19. The van der Waals surface area contributed by atoms with Gasteiger partial charge in [-0.05, 0) is 44.0 Å². The molecule has 0 bridgehead atoms. The predicted octanol–water partition coefficient (Wildman–Crippen LogP) is 3.20. The summed E-state index contributed by atoms with van der Waals surface area (Å²) < 4.78 is 0. The number of benzene rings is 1. The zero-order valence-corrected chi connectivity index (χ0v) is 12.0. The quantitative estimate of drug-likeness (QED) is 0.841. The van der Waals surface area contributed by atoms with Crippen molar-refractivity contribution in [1.29, 1.82) is 0 Å². The highest BCUT2D eigenvalue weighted by Crippen LogP contribution is 2.24. The predicted molar refractivity (Wildman–Crippen MR) is 76.6 cm³/mol. The molecule has 0 aliphatic carbocycles. The van der Waals surface area contributed by atoms with Crippen molar-refractivity contribution in [3.63, 3.8) is 0 Å². The molecule has 1 N–H and O–H groups in total. The third-order valence-electron chi connectivity index (χ3n) is 3.60. The van der Waals surface area contributed by atoms with Crippen LogP contribution in [0.2, 0.25) is 0 Å². The van der Waals surface area contributed by atoms with E-state index in [1.54, 1.807) is 0 Å². The van der Waals surface area contributed by atoms with Crippen LogP contribution in [0.25, 0.3) is 0 Å². The lowest BCUT2D eigenvalue weighted by Gasteiger charge is -2.31. The SMILES string of the molecule is CNCc1ccc(N(C)C(C)C(C)C)c(C)c1. The first-order valence-corrected chi connectivity index (χ1v) is 6.44. The monoisotopic (exact) mass is 234 g/mol. The minimum Gasteiger partial charge on any atom is -0.371 e. The Bertz CT molecular complexity index is 358. The molecule has 0 radical (unpaired) electrons. The van der Waals surface area contributed by atoms with E-state index >= 15 is 0 Å². The molecule has 1 atom stereocenters. The molecule has 0 amide bonds. The molecule has 0 aliphatic rings. The molecule has 1 unspecified atom stereocenters. The van der Waals surface area contributed by atoms with Crippen LogP contribution in [-0.2, 0) is 6.54 Å². The maximum absolute atomic E-state index is 3.19. The molecule has 0 fully saturated rings. The molecule has 0 heterocycles. The van der Waals surface area contributed by atoms with Crippen molar-refractivity contribution in [2.45, 2.75) is 40.3 Å². The summed E-state index contributed by atoms with van der Waals surface area (Å²) >= 11 is 0. The van der Waals surface area contributed by atoms with Gasteiger partial charge < -0.3 is 10.2 Å². The molecule has 2 nitrogen and oxygen atoms in total. The maximum atomic E-state index is 3.19. The van der Waals surface area contributed by atoms with Crippen molar-refractivity contribution < 1.29 is 0 Å². The standard InChI is InChI=1S/C15H26N2/c1-11(2)13(4)17(6)15-8-7-14(10-16-5)9-12(15)3/h7-9,11,13,16H,10H2,1-6H3. The molecule has 96 valence electrons. The Balaban J connectivity index is 2.91. The van der Waals surface area contributed by atoms with Gasteiger partial charge in [0.2, 0.25) is 0 Å². The van der Waals surface area contributed by atoms with Gasteiger partial charge in [0.05, 0.1) is 0 Å². The highest BCUT2D eigenvalue weighted by molar-refractivity contribution is 5.54. The van der Waals surface area contributed by atoms with Crippen LogP contribution in [0.5, 0.6) is 0 Å². The zero-order chi connectivity index (χ0) is 13.0. The fourth-order valence-corrected chi connectivity index (χ4v) is 2.09. The average Bonchev–Trinajstić information content (AvgIpc) is 2.27. The normalized spacial score (nSPS) is 12.9. The first-order chi connectivity index (χ1) is 7.97. The van der Waals surface area contributed by atoms with Crippen molar-refractivity contribution >= 4 is 5.69 Å². The molecule has 0 aliphatic heterocycles. The number of nitrogens with zero attached hydrogens (tertiary/aromatic N) is 1. The summed E-state index contributed by atoms with van der Waals surface area (Å²) in [6.07, 6.45) is 0. The van der Waals surface area contributed by atoms with Gasteiger partial charge in [-0.3, -0.25) is 0 Å². The summed E-state index contributed by atoms with van der Waals surface area (Å²) in [5.74, 6) is 0.663. The topological polar surface area (TPSA) is 15.3 Å². The molecule has 1 aromatic rings. The molecule has 17 heavy (non-hydrogen) atoms. The van der Waals surface area contributed by atoms with Gasteiger partial charge in [-0.1, -0.05) is 26.0 Å². The van der Waals surface area contributed by atoms with Gasteiger partial charge in [0.25, 0.3) is 0 Å². The molecule has 2 heteroatoms. The van der Waals surface area contributed by atoms with Gasteiger partial charge in [0, 0.05) is 25.3 Å². The van der Waals surface area contributed by atoms with E-state index in [0.29, 0.717) is 12.0 Å². The zero-order valence-electron chi connectivity index (χ0n) is 12.0. The summed E-state index contributed by atoms with van der Waals surface area (Å²) in [7, 11) is 4.17. The second-order valence-corrected chi connectivity index (χ2v) is 5.25. The van der Waals surface area contributed by atoms with E-state index in [4.69, 9.17) is 0 Å². The molecule has 0 saturated heterocycles. The van der Waals surface area contributed by atoms with Crippen LogP contribution in [0.4, 0.5) is 5.69 Å². The van der Waals surface area contributed by atoms with Gasteiger partial charge in [-0.25, -0.2) is 0 Å². The second kappa shape index (κ2) is 6.06. The highest BCUT2D eigenvalue weighted by Gasteiger charge is 2.15. The van der Waals surface area contributed by atoms with E-state index in [1.807, 2.05) is 7.05 Å². The second-order valence-electron chi connectivity index (χ2n) is 5.25. The lowest BCUT2D eigenvalue weighted by atomic mass is 10.0. The Labute approximate surface area is 106 Å². The molecule has 1 rings (SSSR count). The van der Waals surface area contributed by atoms with Crippen molar-refractivity contribution in [3.05, 3.63) is 29.3 Å². The minimum atomic E-state index is 0.559. The number of hydrogen-bond donors (Lipinski definition) is 1. The summed E-state index contributed by atoms with van der Waals surface area (Å²) in [4.78, 5) is 2.38. The minimum absolute atomic E-state index is 0.559. The average molecular weight is 234 g/mol. The van der Waals surface area contributed by atoms with E-state index in [1.165, 1.54) is 16.8 Å². The molecule has 0 saturated carbocycles. The fourth-order valence-electron chi connectivity index (χ4n) is 2.09. The Morgan fingerprint density at radius 1 is 1.24 bits per heavy atom. The van der Waals surface area contributed by atoms with Crippen LogP contribution in [0.3, 0.4) is 0 Å². The largest absolute Gasteiger partial charge is 0.371 e. The number of aryl methyl sites for hydroxylation is 1. The third-order valence-corrected chi connectivity index (χ3v) is 3.60. The van der Waals surface area contributed by atoms with Crippen LogP contribution in [0.1, 0.15) is 31.9 Å². The molecule has 0 aromatic heterocycles. The molecular formula is C15H26N2. The number of rotatable bonds is 5. The van der Waals surface area contributed by atoms with Gasteiger partial charge in [0.1, 0.15) is 0 Å². The Morgan fingerprint density at radius 3 is 2.35 bits per heavy atom. The molecular weight excluding hydrogens is 208 g/mol. The van der Waals surface area contributed by atoms with E-state index in [0.717, 1.165) is 6.54 Å². The van der Waals surface area contributed by atoms with Crippen molar-refractivity contribution in [2.24, 2.45) is 5.92 Å². The third kappa shape index (κ3) is 3.47.